The molecule has 0 spiro atoms. The summed E-state index contributed by atoms with van der Waals surface area (Å²) in [7, 11) is 0. The summed E-state index contributed by atoms with van der Waals surface area (Å²) in [5.74, 6) is 0.500. The maximum atomic E-state index is 11.0. The Kier molecular flexibility index (Phi) is 14.6. The van der Waals surface area contributed by atoms with Gasteiger partial charge in [-0.3, -0.25) is 0 Å². The molecule has 4 atom stereocenters. The van der Waals surface area contributed by atoms with E-state index in [1.54, 1.807) is 17.1 Å². The van der Waals surface area contributed by atoms with Crippen LogP contribution in [0.25, 0.3) is 0 Å². The van der Waals surface area contributed by atoms with Crippen LogP contribution in [0.5, 0.6) is 0 Å². The molecule has 2 amide bonds. The molecule has 1 aromatic carbocycles. The second-order valence-corrected chi connectivity index (χ2v) is 10.5. The number of nitrogens with one attached hydrogen (secondary N) is 4. The van der Waals surface area contributed by atoms with Crippen LogP contribution < -0.4 is 27.0 Å². The zero-order valence-electron chi connectivity index (χ0n) is 23.0. The third-order valence-corrected chi connectivity index (χ3v) is 6.95. The number of amides is 2. The number of hydrogen-bond donors (Lipinski definition) is 7. The molecule has 0 bridgehead atoms. The lowest BCUT2D eigenvalue weighted by Crippen LogP contribution is -2.47. The van der Waals surface area contributed by atoms with E-state index in [-0.39, 0.29) is 6.04 Å². The molecule has 0 saturated heterocycles. The molecule has 1 heterocycles. The van der Waals surface area contributed by atoms with Gasteiger partial charge in [0.1, 0.15) is 12.5 Å². The lowest BCUT2D eigenvalue weighted by molar-refractivity contribution is -0.0401. The summed E-state index contributed by atoms with van der Waals surface area (Å²) in [6.07, 6.45) is 8.00. The standard InChI is InChI=1S/C28H50N6O3/c1-21(2)25(30-16-6-4-5-7-18-34-26(35)14-15-27(34)36)20-33-24(9-8-17-31-28(29)37)19-32-23-12-10-22(3)11-13-23/h10-15,21,24-27,30,32-33,35-36H,4-9,16-20H2,1-3H3,(H3,29,31,37)/t24-,25-,26?,27?/m1/s1. The summed E-state index contributed by atoms with van der Waals surface area (Å²) in [6, 6.07) is 8.58. The van der Waals surface area contributed by atoms with Gasteiger partial charge in [-0.05, 0) is 69.4 Å². The van der Waals surface area contributed by atoms with Crippen molar-refractivity contribution in [2.24, 2.45) is 11.7 Å². The van der Waals surface area contributed by atoms with E-state index in [4.69, 9.17) is 5.73 Å². The number of primary amides is 1. The highest BCUT2D eigenvalue weighted by Crippen LogP contribution is 2.14. The van der Waals surface area contributed by atoms with Crippen LogP contribution in [0.4, 0.5) is 10.5 Å². The zero-order valence-corrected chi connectivity index (χ0v) is 23.0. The minimum atomic E-state index is -0.661. The quantitative estimate of drug-likeness (QED) is 0.110. The number of urea groups is 1. The zero-order chi connectivity index (χ0) is 27.0. The Morgan fingerprint density at radius 1 is 0.946 bits per heavy atom. The van der Waals surface area contributed by atoms with Crippen LogP contribution in [0.3, 0.4) is 0 Å². The molecular formula is C28H50N6O3. The topological polar surface area (TPSA) is 135 Å². The number of rotatable bonds is 19. The number of carbonyl (C=O) groups excluding carboxylic acids is 1. The smallest absolute Gasteiger partial charge is 0.312 e. The van der Waals surface area contributed by atoms with Gasteiger partial charge in [-0.2, -0.15) is 0 Å². The Morgan fingerprint density at radius 3 is 2.27 bits per heavy atom. The van der Waals surface area contributed by atoms with Crippen LogP contribution in [0, 0.1) is 12.8 Å². The number of unbranched alkanes of at least 4 members (excludes halogenated alkanes) is 3. The molecule has 1 aromatic rings. The summed E-state index contributed by atoms with van der Waals surface area (Å²) >= 11 is 0. The van der Waals surface area contributed by atoms with Crippen LogP contribution in [0.15, 0.2) is 36.4 Å². The lowest BCUT2D eigenvalue weighted by atomic mass is 10.0. The number of benzene rings is 1. The minimum Gasteiger partial charge on any atom is -0.383 e. The van der Waals surface area contributed by atoms with Crippen molar-refractivity contribution in [3.8, 4) is 0 Å². The highest BCUT2D eigenvalue weighted by molar-refractivity contribution is 5.71. The molecule has 9 heteroatoms. The average Bonchev–Trinajstić information content (AvgIpc) is 3.18. The van der Waals surface area contributed by atoms with Crippen molar-refractivity contribution in [3.05, 3.63) is 42.0 Å². The Bertz CT molecular complexity index is 777. The van der Waals surface area contributed by atoms with E-state index < -0.39 is 18.5 Å². The summed E-state index contributed by atoms with van der Waals surface area (Å²) in [5, 5.41) is 33.3. The van der Waals surface area contributed by atoms with Crippen molar-refractivity contribution in [3.63, 3.8) is 0 Å². The van der Waals surface area contributed by atoms with Gasteiger partial charge in [0.25, 0.3) is 0 Å². The predicted molar refractivity (Wildman–Crippen MR) is 151 cm³/mol. The number of aliphatic hydroxyl groups is 2. The first-order valence-electron chi connectivity index (χ1n) is 13.9. The number of nitrogens with two attached hydrogens (primary N) is 1. The second-order valence-electron chi connectivity index (χ2n) is 10.5. The van der Waals surface area contributed by atoms with Gasteiger partial charge in [0.05, 0.1) is 0 Å². The normalized spacial score (nSPS) is 19.3. The van der Waals surface area contributed by atoms with Crippen LogP contribution in [0.1, 0.15) is 57.9 Å². The van der Waals surface area contributed by atoms with Crippen molar-refractivity contribution in [2.75, 3.05) is 38.0 Å². The molecule has 2 rings (SSSR count). The summed E-state index contributed by atoms with van der Waals surface area (Å²) in [4.78, 5) is 12.7. The molecular weight excluding hydrogens is 468 g/mol. The number of nitrogens with zero attached hydrogens (tertiary/aromatic N) is 1. The largest absolute Gasteiger partial charge is 0.383 e. The molecule has 8 N–H and O–H groups in total. The van der Waals surface area contributed by atoms with Gasteiger partial charge in [-0.25, -0.2) is 9.69 Å². The number of anilines is 1. The number of aliphatic hydroxyl groups excluding tert-OH is 2. The molecule has 9 nitrogen and oxygen atoms in total. The average molecular weight is 519 g/mol. The first kappa shape index (κ1) is 31.1. The summed E-state index contributed by atoms with van der Waals surface area (Å²) in [5.41, 5.74) is 7.55. The molecule has 1 aliphatic rings. The number of aryl methyl sites for hydroxylation is 1. The Balaban J connectivity index is 1.70. The van der Waals surface area contributed by atoms with Gasteiger partial charge >= 0.3 is 6.03 Å². The van der Waals surface area contributed by atoms with Gasteiger partial charge in [0.2, 0.25) is 0 Å². The van der Waals surface area contributed by atoms with Gasteiger partial charge in [0, 0.05) is 44.0 Å². The Morgan fingerprint density at radius 2 is 1.62 bits per heavy atom. The van der Waals surface area contributed by atoms with Crippen LogP contribution in [-0.4, -0.2) is 78.4 Å². The van der Waals surface area contributed by atoms with E-state index in [1.807, 2.05) is 0 Å². The monoisotopic (exact) mass is 518 g/mol. The predicted octanol–water partition coefficient (Wildman–Crippen LogP) is 2.50. The molecule has 37 heavy (non-hydrogen) atoms. The highest BCUT2D eigenvalue weighted by atomic mass is 16.3. The fourth-order valence-electron chi connectivity index (χ4n) is 4.49. The van der Waals surface area contributed by atoms with E-state index >= 15 is 0 Å². The molecule has 0 radical (unpaired) electrons. The fraction of sp³-hybridized carbons (Fsp3) is 0.679. The van der Waals surface area contributed by atoms with E-state index in [0.29, 0.717) is 25.0 Å². The van der Waals surface area contributed by atoms with E-state index in [1.165, 1.54) is 5.56 Å². The van der Waals surface area contributed by atoms with Gasteiger partial charge in [0.15, 0.2) is 0 Å². The van der Waals surface area contributed by atoms with Crippen molar-refractivity contribution >= 4 is 11.7 Å². The first-order valence-corrected chi connectivity index (χ1v) is 13.9. The lowest BCUT2D eigenvalue weighted by Gasteiger charge is -2.27. The van der Waals surface area contributed by atoms with Gasteiger partial charge in [-0.1, -0.05) is 44.4 Å². The van der Waals surface area contributed by atoms with E-state index in [2.05, 4.69) is 66.3 Å². The van der Waals surface area contributed by atoms with Crippen molar-refractivity contribution < 1.29 is 15.0 Å². The minimum absolute atomic E-state index is 0.268. The number of hydrogen-bond acceptors (Lipinski definition) is 7. The van der Waals surface area contributed by atoms with Crippen molar-refractivity contribution in [1.82, 2.24) is 20.9 Å². The van der Waals surface area contributed by atoms with Crippen LogP contribution in [0.2, 0.25) is 0 Å². The molecule has 0 saturated carbocycles. The van der Waals surface area contributed by atoms with Crippen LogP contribution >= 0.6 is 0 Å². The molecule has 1 aliphatic heterocycles. The summed E-state index contributed by atoms with van der Waals surface area (Å²) in [6.45, 7) is 10.5. The molecule has 0 aromatic heterocycles. The van der Waals surface area contributed by atoms with Gasteiger partial charge < -0.3 is 37.2 Å². The molecule has 2 unspecified atom stereocenters. The Hall–Kier alpha value is -2.17. The van der Waals surface area contributed by atoms with E-state index in [9.17, 15) is 15.0 Å². The molecule has 0 aliphatic carbocycles. The maximum absolute atomic E-state index is 11.0. The third kappa shape index (κ3) is 12.8. The second kappa shape index (κ2) is 17.4. The fourth-order valence-corrected chi connectivity index (χ4v) is 4.49. The maximum Gasteiger partial charge on any atom is 0.312 e. The first-order chi connectivity index (χ1) is 17.8. The third-order valence-electron chi connectivity index (χ3n) is 6.95. The Labute approximate surface area is 223 Å². The van der Waals surface area contributed by atoms with Crippen LogP contribution in [-0.2, 0) is 0 Å². The van der Waals surface area contributed by atoms with Crippen molar-refractivity contribution in [2.45, 2.75) is 83.8 Å². The van der Waals surface area contributed by atoms with E-state index in [0.717, 1.165) is 63.8 Å². The summed E-state index contributed by atoms with van der Waals surface area (Å²) < 4.78 is 0. The number of carbonyl (C=O) groups is 1. The molecule has 210 valence electrons. The van der Waals surface area contributed by atoms with Gasteiger partial charge in [-0.15, -0.1) is 0 Å². The SMILES string of the molecule is Cc1ccc(NC[C@@H](CCCNC(N)=O)NC[C@@H](NCCCCCCN2C(O)C=CC2O)C(C)C)cc1. The molecule has 0 fully saturated rings. The highest BCUT2D eigenvalue weighted by Gasteiger charge is 2.24. The van der Waals surface area contributed by atoms with Crippen molar-refractivity contribution in [1.29, 1.82) is 0 Å².